The van der Waals surface area contributed by atoms with Crippen LogP contribution in [0, 0.1) is 0 Å². The van der Waals surface area contributed by atoms with Crippen LogP contribution in [0.25, 0.3) is 11.1 Å². The normalized spacial score (nSPS) is 17.0. The van der Waals surface area contributed by atoms with E-state index in [4.69, 9.17) is 10.2 Å². The molecule has 1 aromatic heterocycles. The van der Waals surface area contributed by atoms with Gasteiger partial charge in [0.15, 0.2) is 5.58 Å². The van der Waals surface area contributed by atoms with Crippen LogP contribution >= 0.6 is 0 Å². The highest BCUT2D eigenvalue weighted by molar-refractivity contribution is 5.86. The molecule has 19 heavy (non-hydrogen) atoms. The van der Waals surface area contributed by atoms with E-state index in [0.717, 1.165) is 23.7 Å². The molecule has 0 spiro atoms. The molecular weight excluding hydrogens is 240 g/mol. The number of hydrogen-bond acceptors (Lipinski definition) is 5. The van der Waals surface area contributed by atoms with Crippen LogP contribution in [0.3, 0.4) is 0 Å². The smallest absolute Gasteiger partial charge is 0.295 e. The summed E-state index contributed by atoms with van der Waals surface area (Å²) < 4.78 is 5.63. The summed E-state index contributed by atoms with van der Waals surface area (Å²) in [5.41, 5.74) is 7.97. The maximum absolute atomic E-state index is 5.86. The number of anilines is 2. The number of para-hydroxylation sites is 1. The maximum atomic E-state index is 5.86. The molecule has 0 saturated heterocycles. The van der Waals surface area contributed by atoms with E-state index in [1.54, 1.807) is 0 Å². The van der Waals surface area contributed by atoms with Gasteiger partial charge in [-0.3, -0.25) is 4.90 Å². The van der Waals surface area contributed by atoms with Crippen molar-refractivity contribution in [1.29, 1.82) is 0 Å². The first-order chi connectivity index (χ1) is 9.15. The fourth-order valence-corrected chi connectivity index (χ4v) is 2.27. The third-order valence-corrected chi connectivity index (χ3v) is 3.82. The van der Waals surface area contributed by atoms with Crippen molar-refractivity contribution < 1.29 is 4.42 Å². The zero-order valence-corrected chi connectivity index (χ0v) is 11.4. The van der Waals surface area contributed by atoms with Crippen LogP contribution in [0.5, 0.6) is 0 Å². The van der Waals surface area contributed by atoms with Gasteiger partial charge in [-0.1, -0.05) is 6.07 Å². The highest BCUT2D eigenvalue weighted by atomic mass is 16.4. The molecule has 102 valence electrons. The number of nitrogens with zero attached hydrogens (tertiary/aromatic N) is 2. The molecule has 1 heterocycles. The molecule has 1 aliphatic carbocycles. The largest absolute Gasteiger partial charge is 0.423 e. The van der Waals surface area contributed by atoms with E-state index in [1.807, 2.05) is 18.2 Å². The van der Waals surface area contributed by atoms with Gasteiger partial charge in [0.2, 0.25) is 0 Å². The van der Waals surface area contributed by atoms with E-state index in [2.05, 4.69) is 29.2 Å². The predicted molar refractivity (Wildman–Crippen MR) is 77.2 cm³/mol. The van der Waals surface area contributed by atoms with Gasteiger partial charge >= 0.3 is 0 Å². The number of rotatable bonds is 5. The van der Waals surface area contributed by atoms with Crippen LogP contribution in [0.1, 0.15) is 19.8 Å². The third-order valence-electron chi connectivity index (χ3n) is 3.82. The molecule has 0 aliphatic heterocycles. The van der Waals surface area contributed by atoms with E-state index < -0.39 is 0 Å². The van der Waals surface area contributed by atoms with Crippen molar-refractivity contribution in [3.05, 3.63) is 18.2 Å². The van der Waals surface area contributed by atoms with Crippen LogP contribution < -0.4 is 11.1 Å². The molecule has 0 bridgehead atoms. The van der Waals surface area contributed by atoms with Gasteiger partial charge in [-0.05, 0) is 38.9 Å². The second-order valence-corrected chi connectivity index (χ2v) is 5.34. The Kier molecular flexibility index (Phi) is 3.06. The highest BCUT2D eigenvalue weighted by Gasteiger charge is 2.29. The Balaban J connectivity index is 1.66. The number of benzene rings is 1. The lowest BCUT2D eigenvalue weighted by Gasteiger charge is -2.24. The molecule has 0 amide bonds. The number of oxazole rings is 1. The monoisotopic (exact) mass is 260 g/mol. The Morgan fingerprint density at radius 1 is 1.53 bits per heavy atom. The lowest BCUT2D eigenvalue weighted by Crippen LogP contribution is -2.36. The topological polar surface area (TPSA) is 67.3 Å². The lowest BCUT2D eigenvalue weighted by atomic mass is 10.3. The summed E-state index contributed by atoms with van der Waals surface area (Å²) in [6.07, 6.45) is 2.64. The minimum atomic E-state index is 0.458. The molecule has 5 nitrogen and oxygen atoms in total. The molecule has 2 aromatic rings. The van der Waals surface area contributed by atoms with Crippen molar-refractivity contribution in [1.82, 2.24) is 9.88 Å². The molecule has 1 unspecified atom stereocenters. The number of nitrogen functional groups attached to an aromatic ring is 1. The van der Waals surface area contributed by atoms with Gasteiger partial charge in [0.05, 0.1) is 5.69 Å². The average molecular weight is 260 g/mol. The number of aromatic nitrogens is 1. The second-order valence-electron chi connectivity index (χ2n) is 5.34. The van der Waals surface area contributed by atoms with Gasteiger partial charge < -0.3 is 15.5 Å². The number of fused-ring (bicyclic) bond motifs is 1. The zero-order chi connectivity index (χ0) is 13.4. The van der Waals surface area contributed by atoms with Crippen molar-refractivity contribution >= 4 is 22.8 Å². The first-order valence-electron chi connectivity index (χ1n) is 6.76. The zero-order valence-electron chi connectivity index (χ0n) is 11.4. The van der Waals surface area contributed by atoms with Crippen LogP contribution in [-0.2, 0) is 0 Å². The standard InChI is InChI=1S/C14H20N4O/c1-9(18(2)10-6-7-10)8-16-14-17-13-11(15)4-3-5-12(13)19-14/h3-5,9-10H,6-8,15H2,1-2H3,(H,16,17). The summed E-state index contributed by atoms with van der Waals surface area (Å²) in [6.45, 7) is 3.03. The Hall–Kier alpha value is -1.75. The van der Waals surface area contributed by atoms with Gasteiger partial charge in [-0.25, -0.2) is 0 Å². The van der Waals surface area contributed by atoms with Crippen LogP contribution in [0.4, 0.5) is 11.7 Å². The van der Waals surface area contributed by atoms with Gasteiger partial charge in [0.1, 0.15) is 5.52 Å². The summed E-state index contributed by atoms with van der Waals surface area (Å²) in [7, 11) is 2.17. The fourth-order valence-electron chi connectivity index (χ4n) is 2.27. The summed E-state index contributed by atoms with van der Waals surface area (Å²) in [5.74, 6) is 0. The maximum Gasteiger partial charge on any atom is 0.295 e. The number of nitrogens with one attached hydrogen (secondary N) is 1. The molecule has 1 atom stereocenters. The van der Waals surface area contributed by atoms with Crippen LogP contribution in [-0.4, -0.2) is 35.6 Å². The molecule has 3 rings (SSSR count). The van der Waals surface area contributed by atoms with E-state index in [0.29, 0.717) is 17.7 Å². The SMILES string of the molecule is CC(CNc1nc2c(N)cccc2o1)N(C)C1CC1. The lowest BCUT2D eigenvalue weighted by molar-refractivity contribution is 0.256. The third kappa shape index (κ3) is 2.51. The summed E-state index contributed by atoms with van der Waals surface area (Å²) in [4.78, 5) is 6.79. The second kappa shape index (κ2) is 4.74. The van der Waals surface area contributed by atoms with E-state index in [-0.39, 0.29) is 0 Å². The molecule has 1 fully saturated rings. The Labute approximate surface area is 112 Å². The summed E-state index contributed by atoms with van der Waals surface area (Å²) in [5, 5.41) is 3.25. The predicted octanol–water partition coefficient (Wildman–Crippen LogP) is 2.30. The molecule has 0 radical (unpaired) electrons. The van der Waals surface area contributed by atoms with Gasteiger partial charge in [0, 0.05) is 18.6 Å². The Morgan fingerprint density at radius 2 is 2.32 bits per heavy atom. The summed E-state index contributed by atoms with van der Waals surface area (Å²) >= 11 is 0. The molecule has 5 heteroatoms. The molecule has 1 aliphatic rings. The summed E-state index contributed by atoms with van der Waals surface area (Å²) in [6, 6.07) is 7.35. The molecule has 1 aromatic carbocycles. The van der Waals surface area contributed by atoms with Crippen molar-refractivity contribution in [3.8, 4) is 0 Å². The first-order valence-corrected chi connectivity index (χ1v) is 6.76. The van der Waals surface area contributed by atoms with Crippen molar-refractivity contribution in [2.45, 2.75) is 31.8 Å². The van der Waals surface area contributed by atoms with Crippen LogP contribution in [0.2, 0.25) is 0 Å². The minimum absolute atomic E-state index is 0.458. The minimum Gasteiger partial charge on any atom is -0.423 e. The van der Waals surface area contributed by atoms with Crippen molar-refractivity contribution in [2.75, 3.05) is 24.6 Å². The van der Waals surface area contributed by atoms with Gasteiger partial charge in [-0.2, -0.15) is 4.98 Å². The van der Waals surface area contributed by atoms with E-state index in [1.165, 1.54) is 12.8 Å². The molecule has 3 N–H and O–H groups in total. The first kappa shape index (κ1) is 12.3. The van der Waals surface area contributed by atoms with E-state index >= 15 is 0 Å². The Morgan fingerprint density at radius 3 is 3.00 bits per heavy atom. The number of nitrogens with two attached hydrogens (primary N) is 1. The van der Waals surface area contributed by atoms with Gasteiger partial charge in [0.25, 0.3) is 6.01 Å². The number of hydrogen-bond donors (Lipinski definition) is 2. The number of likely N-dealkylation sites (N-methyl/N-ethyl adjacent to an activating group) is 1. The fraction of sp³-hybridized carbons (Fsp3) is 0.500. The van der Waals surface area contributed by atoms with Crippen molar-refractivity contribution in [3.63, 3.8) is 0 Å². The Bertz CT molecular complexity index is 576. The molecular formula is C14H20N4O. The van der Waals surface area contributed by atoms with Crippen LogP contribution in [0.15, 0.2) is 22.6 Å². The highest BCUT2D eigenvalue weighted by Crippen LogP contribution is 2.27. The molecule has 1 saturated carbocycles. The average Bonchev–Trinajstić information content (AvgIpc) is 3.16. The van der Waals surface area contributed by atoms with Crippen molar-refractivity contribution in [2.24, 2.45) is 0 Å². The van der Waals surface area contributed by atoms with Gasteiger partial charge in [-0.15, -0.1) is 0 Å². The quantitative estimate of drug-likeness (QED) is 0.807. The van der Waals surface area contributed by atoms with E-state index in [9.17, 15) is 0 Å².